The van der Waals surface area contributed by atoms with Gasteiger partial charge in [-0.2, -0.15) is 0 Å². The molecule has 124 valence electrons. The van der Waals surface area contributed by atoms with E-state index in [1.807, 2.05) is 58.0 Å². The number of nitrogens with zero attached hydrogens (tertiary/aromatic N) is 1. The highest BCUT2D eigenvalue weighted by molar-refractivity contribution is 5.96. The second-order valence-corrected chi connectivity index (χ2v) is 7.22. The van der Waals surface area contributed by atoms with Crippen molar-refractivity contribution in [2.45, 2.75) is 34.6 Å². The van der Waals surface area contributed by atoms with Crippen LogP contribution in [0.15, 0.2) is 40.8 Å². The summed E-state index contributed by atoms with van der Waals surface area (Å²) in [5, 5.41) is 2.92. The number of anilines is 1. The number of nitrogens with one attached hydrogen (secondary N) is 1. The van der Waals surface area contributed by atoms with E-state index in [0.29, 0.717) is 11.5 Å². The van der Waals surface area contributed by atoms with Gasteiger partial charge in [0, 0.05) is 16.7 Å². The Morgan fingerprint density at radius 3 is 2.50 bits per heavy atom. The summed E-state index contributed by atoms with van der Waals surface area (Å²) in [7, 11) is 0. The Bertz CT molecular complexity index is 917. The first-order valence-corrected chi connectivity index (χ1v) is 8.04. The van der Waals surface area contributed by atoms with E-state index < -0.39 is 5.41 Å². The highest BCUT2D eigenvalue weighted by Crippen LogP contribution is 2.29. The molecule has 0 aliphatic carbocycles. The second-order valence-electron chi connectivity index (χ2n) is 7.22. The molecular formula is C20H22N2O2. The normalized spacial score (nSPS) is 11.7. The first kappa shape index (κ1) is 16.2. The zero-order valence-corrected chi connectivity index (χ0v) is 14.7. The van der Waals surface area contributed by atoms with Crippen molar-refractivity contribution in [1.82, 2.24) is 4.98 Å². The first-order chi connectivity index (χ1) is 11.2. The van der Waals surface area contributed by atoms with Gasteiger partial charge in [0.15, 0.2) is 5.58 Å². The highest BCUT2D eigenvalue weighted by Gasteiger charge is 2.21. The lowest BCUT2D eigenvalue weighted by Crippen LogP contribution is -2.27. The fourth-order valence-corrected chi connectivity index (χ4v) is 2.49. The number of oxazole rings is 1. The highest BCUT2D eigenvalue weighted by atomic mass is 16.3. The minimum Gasteiger partial charge on any atom is -0.436 e. The van der Waals surface area contributed by atoms with E-state index in [1.54, 1.807) is 0 Å². The molecule has 0 aliphatic heterocycles. The Morgan fingerprint density at radius 1 is 1.08 bits per heavy atom. The lowest BCUT2D eigenvalue weighted by Gasteiger charge is -2.17. The van der Waals surface area contributed by atoms with Gasteiger partial charge in [-0.3, -0.25) is 4.79 Å². The average Bonchev–Trinajstić information content (AvgIpc) is 2.88. The quantitative estimate of drug-likeness (QED) is 0.714. The minimum absolute atomic E-state index is 0.0278. The van der Waals surface area contributed by atoms with Gasteiger partial charge in [-0.15, -0.1) is 0 Å². The lowest BCUT2D eigenvalue weighted by atomic mass is 9.95. The SMILES string of the molecule is Cc1ccc(-c2nc3cc(NC(=O)C(C)(C)C)ccc3o2)c(C)c1. The van der Waals surface area contributed by atoms with E-state index in [4.69, 9.17) is 4.42 Å². The van der Waals surface area contributed by atoms with Crippen LogP contribution in [0.3, 0.4) is 0 Å². The third kappa shape index (κ3) is 3.18. The molecule has 0 bridgehead atoms. The molecule has 4 nitrogen and oxygen atoms in total. The molecule has 3 aromatic rings. The van der Waals surface area contributed by atoms with Gasteiger partial charge in [0.05, 0.1) is 0 Å². The number of aryl methyl sites for hydroxylation is 2. The van der Waals surface area contributed by atoms with Crippen molar-refractivity contribution in [3.8, 4) is 11.5 Å². The van der Waals surface area contributed by atoms with Crippen molar-refractivity contribution in [2.24, 2.45) is 5.41 Å². The lowest BCUT2D eigenvalue weighted by molar-refractivity contribution is -0.123. The Labute approximate surface area is 141 Å². The van der Waals surface area contributed by atoms with Crippen molar-refractivity contribution in [3.63, 3.8) is 0 Å². The van der Waals surface area contributed by atoms with Crippen molar-refractivity contribution in [2.75, 3.05) is 5.32 Å². The Balaban J connectivity index is 1.96. The zero-order chi connectivity index (χ0) is 17.5. The minimum atomic E-state index is -0.442. The van der Waals surface area contributed by atoms with Gasteiger partial charge in [-0.1, -0.05) is 38.5 Å². The number of carbonyl (C=O) groups excluding carboxylic acids is 1. The largest absolute Gasteiger partial charge is 0.436 e. The number of benzene rings is 2. The van der Waals surface area contributed by atoms with Crippen molar-refractivity contribution >= 4 is 22.7 Å². The number of hydrogen-bond donors (Lipinski definition) is 1. The van der Waals surface area contributed by atoms with Crippen LogP contribution in [0, 0.1) is 19.3 Å². The summed E-state index contributed by atoms with van der Waals surface area (Å²) in [6.45, 7) is 9.76. The molecule has 0 radical (unpaired) electrons. The molecule has 0 aliphatic rings. The molecule has 0 saturated heterocycles. The molecular weight excluding hydrogens is 300 g/mol. The van der Waals surface area contributed by atoms with Gasteiger partial charge >= 0.3 is 0 Å². The molecule has 0 unspecified atom stereocenters. The second kappa shape index (κ2) is 5.78. The van der Waals surface area contributed by atoms with Crippen LogP contribution in [-0.4, -0.2) is 10.9 Å². The van der Waals surface area contributed by atoms with E-state index in [9.17, 15) is 4.79 Å². The van der Waals surface area contributed by atoms with Crippen LogP contribution < -0.4 is 5.32 Å². The maximum Gasteiger partial charge on any atom is 0.229 e. The first-order valence-electron chi connectivity index (χ1n) is 8.04. The number of aromatic nitrogens is 1. The molecule has 1 heterocycles. The topological polar surface area (TPSA) is 55.1 Å². The number of hydrogen-bond acceptors (Lipinski definition) is 3. The van der Waals surface area contributed by atoms with Crippen LogP contribution in [0.2, 0.25) is 0 Å². The summed E-state index contributed by atoms with van der Waals surface area (Å²) in [5.74, 6) is 0.571. The Morgan fingerprint density at radius 2 is 1.83 bits per heavy atom. The van der Waals surface area contributed by atoms with Gasteiger partial charge in [-0.25, -0.2) is 4.98 Å². The fourth-order valence-electron chi connectivity index (χ4n) is 2.49. The van der Waals surface area contributed by atoms with E-state index in [1.165, 1.54) is 5.56 Å². The molecule has 3 rings (SSSR count). The van der Waals surface area contributed by atoms with Crippen LogP contribution in [0.25, 0.3) is 22.6 Å². The standard InChI is InChI=1S/C20H22N2O2/c1-12-6-8-15(13(2)10-12)18-22-16-11-14(7-9-17(16)24-18)21-19(23)20(3,4)5/h6-11H,1-5H3,(H,21,23). The van der Waals surface area contributed by atoms with Gasteiger partial charge in [0.2, 0.25) is 11.8 Å². The number of amides is 1. The van der Waals surface area contributed by atoms with Crippen LogP contribution in [-0.2, 0) is 4.79 Å². The summed E-state index contributed by atoms with van der Waals surface area (Å²) < 4.78 is 5.88. The van der Waals surface area contributed by atoms with Crippen LogP contribution in [0.4, 0.5) is 5.69 Å². The summed E-state index contributed by atoms with van der Waals surface area (Å²) in [6.07, 6.45) is 0. The predicted molar refractivity (Wildman–Crippen MR) is 97.0 cm³/mol. The van der Waals surface area contributed by atoms with E-state index in [0.717, 1.165) is 22.3 Å². The Kier molecular flexibility index (Phi) is 3.91. The van der Waals surface area contributed by atoms with Gasteiger partial charge in [0.1, 0.15) is 5.52 Å². The average molecular weight is 322 g/mol. The molecule has 1 aromatic heterocycles. The molecule has 0 saturated carbocycles. The van der Waals surface area contributed by atoms with E-state index in [2.05, 4.69) is 23.3 Å². The molecule has 4 heteroatoms. The van der Waals surface area contributed by atoms with Gasteiger partial charge in [-0.05, 0) is 43.7 Å². The molecule has 0 atom stereocenters. The van der Waals surface area contributed by atoms with Crippen LogP contribution in [0.5, 0.6) is 0 Å². The summed E-state index contributed by atoms with van der Waals surface area (Å²) in [6, 6.07) is 11.7. The smallest absolute Gasteiger partial charge is 0.229 e. The monoisotopic (exact) mass is 322 g/mol. The van der Waals surface area contributed by atoms with Crippen molar-refractivity contribution < 1.29 is 9.21 Å². The third-order valence-corrected chi connectivity index (χ3v) is 3.94. The fraction of sp³-hybridized carbons (Fsp3) is 0.300. The van der Waals surface area contributed by atoms with Crippen molar-refractivity contribution in [1.29, 1.82) is 0 Å². The Hall–Kier alpha value is -2.62. The summed E-state index contributed by atoms with van der Waals surface area (Å²) in [5.41, 5.74) is 5.04. The third-order valence-electron chi connectivity index (χ3n) is 3.94. The summed E-state index contributed by atoms with van der Waals surface area (Å²) >= 11 is 0. The molecule has 0 spiro atoms. The van der Waals surface area contributed by atoms with Crippen LogP contribution >= 0.6 is 0 Å². The predicted octanol–water partition coefficient (Wildman–Crippen LogP) is 5.10. The molecule has 0 fully saturated rings. The molecule has 1 amide bonds. The van der Waals surface area contributed by atoms with Gasteiger partial charge < -0.3 is 9.73 Å². The van der Waals surface area contributed by atoms with Gasteiger partial charge in [0.25, 0.3) is 0 Å². The molecule has 24 heavy (non-hydrogen) atoms. The number of rotatable bonds is 2. The molecule has 2 aromatic carbocycles. The number of fused-ring (bicyclic) bond motifs is 1. The summed E-state index contributed by atoms with van der Waals surface area (Å²) in [4.78, 5) is 16.7. The molecule has 1 N–H and O–H groups in total. The van der Waals surface area contributed by atoms with E-state index >= 15 is 0 Å². The zero-order valence-electron chi connectivity index (χ0n) is 14.7. The maximum atomic E-state index is 12.1. The number of carbonyl (C=O) groups is 1. The van der Waals surface area contributed by atoms with Crippen LogP contribution in [0.1, 0.15) is 31.9 Å². The maximum absolute atomic E-state index is 12.1. The van der Waals surface area contributed by atoms with E-state index in [-0.39, 0.29) is 5.91 Å². The van der Waals surface area contributed by atoms with Crippen molar-refractivity contribution in [3.05, 3.63) is 47.5 Å².